The van der Waals surface area contributed by atoms with Crippen LogP contribution in [-0.4, -0.2) is 60.9 Å². The van der Waals surface area contributed by atoms with E-state index in [9.17, 15) is 9.59 Å². The Morgan fingerprint density at radius 1 is 0.418 bits per heavy atom. The minimum Gasteiger partial charge on any atom is -0.326 e. The van der Waals surface area contributed by atoms with E-state index in [1.807, 2.05) is 24.3 Å². The lowest BCUT2D eigenvalue weighted by atomic mass is 10.0. The first-order valence-corrected chi connectivity index (χ1v) is 23.2. The predicted molar refractivity (Wildman–Crippen MR) is 239 cm³/mol. The van der Waals surface area contributed by atoms with Crippen molar-refractivity contribution < 1.29 is 9.59 Å². The number of anilines is 2. The van der Waals surface area contributed by atoms with Gasteiger partial charge in [-0.1, -0.05) is 168 Å². The second-order valence-electron chi connectivity index (χ2n) is 16.2. The first-order chi connectivity index (χ1) is 27.0. The lowest BCUT2D eigenvalue weighted by molar-refractivity contribution is -0.117. The van der Waals surface area contributed by atoms with E-state index in [0.29, 0.717) is 12.8 Å². The first-order valence-electron chi connectivity index (χ1n) is 23.2. The molecule has 0 spiro atoms. The van der Waals surface area contributed by atoms with Crippen LogP contribution in [0.25, 0.3) is 0 Å². The molecule has 0 aliphatic heterocycles. The van der Waals surface area contributed by atoms with Crippen LogP contribution in [0.15, 0.2) is 48.5 Å². The van der Waals surface area contributed by atoms with Gasteiger partial charge in [-0.25, -0.2) is 0 Å². The molecular weight excluding hydrogens is 677 g/mol. The quantitative estimate of drug-likeness (QED) is 0.0679. The van der Waals surface area contributed by atoms with Crippen LogP contribution in [-0.2, 0) is 16.0 Å². The van der Waals surface area contributed by atoms with Crippen molar-refractivity contribution in [3.8, 4) is 0 Å². The van der Waals surface area contributed by atoms with Gasteiger partial charge in [0.1, 0.15) is 0 Å². The normalized spacial score (nSPS) is 11.5. The zero-order chi connectivity index (χ0) is 39.6. The molecule has 6 heteroatoms. The summed E-state index contributed by atoms with van der Waals surface area (Å²) < 4.78 is 0. The minimum atomic E-state index is 0.0859. The molecule has 2 aromatic rings. The number of benzene rings is 2. The highest BCUT2D eigenvalue weighted by atomic mass is 16.2. The van der Waals surface area contributed by atoms with Crippen LogP contribution >= 0.6 is 0 Å². The van der Waals surface area contributed by atoms with Gasteiger partial charge in [0.2, 0.25) is 11.8 Å². The third-order valence-electron chi connectivity index (χ3n) is 11.0. The van der Waals surface area contributed by atoms with Crippen LogP contribution < -0.4 is 10.6 Å². The van der Waals surface area contributed by atoms with Gasteiger partial charge in [0, 0.05) is 37.3 Å². The van der Waals surface area contributed by atoms with Crippen molar-refractivity contribution >= 4 is 23.2 Å². The largest absolute Gasteiger partial charge is 0.326 e. The zero-order valence-electron chi connectivity index (χ0n) is 36.3. The number of amides is 2. The number of nitrogens with one attached hydrogen (secondary N) is 2. The van der Waals surface area contributed by atoms with E-state index in [2.05, 4.69) is 72.4 Å². The summed E-state index contributed by atoms with van der Waals surface area (Å²) in [6, 6.07) is 16.4. The molecule has 55 heavy (non-hydrogen) atoms. The predicted octanol–water partition coefficient (Wildman–Crippen LogP) is 13.2. The molecule has 0 atom stereocenters. The summed E-state index contributed by atoms with van der Waals surface area (Å²) in [6.07, 6.45) is 30.2. The van der Waals surface area contributed by atoms with E-state index >= 15 is 0 Å². The molecule has 0 saturated carbocycles. The maximum Gasteiger partial charge on any atom is 0.225 e. The van der Waals surface area contributed by atoms with Crippen LogP contribution in [0, 0.1) is 0 Å². The molecule has 0 unspecified atom stereocenters. The summed E-state index contributed by atoms with van der Waals surface area (Å²) >= 11 is 0. The van der Waals surface area contributed by atoms with E-state index in [4.69, 9.17) is 0 Å². The van der Waals surface area contributed by atoms with Crippen molar-refractivity contribution in [2.45, 2.75) is 188 Å². The fourth-order valence-corrected chi connectivity index (χ4v) is 7.50. The number of rotatable bonds is 36. The first kappa shape index (κ1) is 48.4. The topological polar surface area (TPSA) is 64.7 Å². The number of carbonyl (C=O) groups excluding carboxylic acids is 2. The Bertz CT molecular complexity index is 1140. The average molecular weight is 761 g/mol. The molecule has 2 aromatic carbocycles. The van der Waals surface area contributed by atoms with Crippen molar-refractivity contribution in [3.05, 3.63) is 59.7 Å². The molecule has 0 bridgehead atoms. The van der Waals surface area contributed by atoms with Crippen molar-refractivity contribution in [1.29, 1.82) is 0 Å². The Balaban J connectivity index is 1.85. The van der Waals surface area contributed by atoms with Gasteiger partial charge in [-0.3, -0.25) is 9.59 Å². The summed E-state index contributed by atoms with van der Waals surface area (Å²) in [4.78, 5) is 31.2. The summed E-state index contributed by atoms with van der Waals surface area (Å²) in [6.45, 7) is 15.1. The van der Waals surface area contributed by atoms with E-state index < -0.39 is 0 Å². The second kappa shape index (κ2) is 33.4. The molecular formula is C49H84N4O2. The molecule has 312 valence electrons. The monoisotopic (exact) mass is 761 g/mol. The maximum absolute atomic E-state index is 13.1. The highest BCUT2D eigenvalue weighted by molar-refractivity contribution is 5.91. The van der Waals surface area contributed by atoms with Crippen LogP contribution in [0.4, 0.5) is 11.4 Å². The molecule has 0 heterocycles. The summed E-state index contributed by atoms with van der Waals surface area (Å²) in [5, 5.41) is 6.35. The summed E-state index contributed by atoms with van der Waals surface area (Å²) in [5.41, 5.74) is 3.99. The third-order valence-corrected chi connectivity index (χ3v) is 11.0. The third kappa shape index (κ3) is 26.0. The maximum atomic E-state index is 13.1. The van der Waals surface area contributed by atoms with Gasteiger partial charge < -0.3 is 20.4 Å². The number of hydrogen-bond acceptors (Lipinski definition) is 4. The van der Waals surface area contributed by atoms with Gasteiger partial charge in [-0.05, 0) is 93.7 Å². The van der Waals surface area contributed by atoms with E-state index in [1.165, 1.54) is 141 Å². The van der Waals surface area contributed by atoms with E-state index in [1.54, 1.807) is 0 Å². The molecule has 2 N–H and O–H groups in total. The molecule has 0 radical (unpaired) electrons. The van der Waals surface area contributed by atoms with Crippen molar-refractivity contribution in [3.63, 3.8) is 0 Å². The highest BCUT2D eigenvalue weighted by Gasteiger charge is 2.12. The molecule has 2 amide bonds. The number of hydrogen-bond donors (Lipinski definition) is 2. The molecule has 0 aliphatic rings. The highest BCUT2D eigenvalue weighted by Crippen LogP contribution is 2.19. The Morgan fingerprint density at radius 3 is 1.05 bits per heavy atom. The summed E-state index contributed by atoms with van der Waals surface area (Å²) in [7, 11) is 0. The molecule has 0 aromatic heterocycles. The lowest BCUT2D eigenvalue weighted by Gasteiger charge is -2.22. The Labute approximate surface area is 339 Å². The van der Waals surface area contributed by atoms with Crippen molar-refractivity contribution in [2.75, 3.05) is 49.9 Å². The second-order valence-corrected chi connectivity index (χ2v) is 16.2. The van der Waals surface area contributed by atoms with Gasteiger partial charge in [-0.15, -0.1) is 0 Å². The Hall–Kier alpha value is -2.70. The molecule has 0 fully saturated rings. The van der Waals surface area contributed by atoms with Crippen LogP contribution in [0.2, 0.25) is 0 Å². The van der Waals surface area contributed by atoms with Crippen LogP contribution in [0.5, 0.6) is 0 Å². The van der Waals surface area contributed by atoms with E-state index in [-0.39, 0.29) is 11.8 Å². The SMILES string of the molecule is CCCCCCCCN(CCCCCCC)CCC(=O)Nc1cccc(Cc2cccc(NC(=O)CCN(CCCCCCC)CCCCCCCC)c2)c1. The minimum absolute atomic E-state index is 0.0859. The number of carbonyl (C=O) groups is 2. The molecule has 0 aliphatic carbocycles. The van der Waals surface area contributed by atoms with Crippen molar-refractivity contribution in [1.82, 2.24) is 9.80 Å². The van der Waals surface area contributed by atoms with Crippen molar-refractivity contribution in [2.24, 2.45) is 0 Å². The van der Waals surface area contributed by atoms with Gasteiger partial charge >= 0.3 is 0 Å². The zero-order valence-corrected chi connectivity index (χ0v) is 36.3. The lowest BCUT2D eigenvalue weighted by Crippen LogP contribution is -2.30. The molecule has 0 saturated heterocycles. The number of unbranched alkanes of at least 4 members (excludes halogenated alkanes) is 18. The smallest absolute Gasteiger partial charge is 0.225 e. The van der Waals surface area contributed by atoms with E-state index in [0.717, 1.165) is 68.2 Å². The van der Waals surface area contributed by atoms with Gasteiger partial charge in [0.05, 0.1) is 0 Å². The standard InChI is InChI=1S/C49H84N4O2/c1-5-9-13-17-21-25-37-52(35-23-19-15-11-7-3)39-33-48(54)50-46-31-27-29-44(42-46)41-45-30-28-32-47(43-45)51-49(55)34-40-53(36-24-20-16-12-8-4)38-26-22-18-14-10-6-2/h27-32,42-43H,5-26,33-41H2,1-4H3,(H,50,54)(H,51,55). The molecule has 2 rings (SSSR count). The van der Waals surface area contributed by atoms with Gasteiger partial charge in [-0.2, -0.15) is 0 Å². The van der Waals surface area contributed by atoms with Crippen LogP contribution in [0.3, 0.4) is 0 Å². The van der Waals surface area contributed by atoms with Gasteiger partial charge in [0.15, 0.2) is 0 Å². The fourth-order valence-electron chi connectivity index (χ4n) is 7.50. The summed E-state index contributed by atoms with van der Waals surface area (Å²) in [5.74, 6) is 0.172. The Morgan fingerprint density at radius 2 is 0.727 bits per heavy atom. The fraction of sp³-hybridized carbons (Fsp3) is 0.714. The number of nitrogens with zero attached hydrogens (tertiary/aromatic N) is 2. The average Bonchev–Trinajstić information content (AvgIpc) is 3.18. The van der Waals surface area contributed by atoms with Crippen LogP contribution in [0.1, 0.15) is 193 Å². The Kier molecular flexibility index (Phi) is 29.5. The molecule has 6 nitrogen and oxygen atoms in total. The van der Waals surface area contributed by atoms with Gasteiger partial charge in [0.25, 0.3) is 0 Å².